The van der Waals surface area contributed by atoms with E-state index in [1.807, 2.05) is 27.7 Å². The van der Waals surface area contributed by atoms with Crippen LogP contribution in [0.15, 0.2) is 9.59 Å². The standard InChI is InChI=1S/C18H26N6O3/c1-7-8-23-16(25)14-15(21(5)18(23)26)19-17(22(14)9-10-27-6)24-13(4)11(2)12(3)20-24/h7-10H2,1-6H3. The topological polar surface area (TPSA) is 88.9 Å². The lowest BCUT2D eigenvalue weighted by Crippen LogP contribution is -2.39. The zero-order valence-corrected chi connectivity index (χ0v) is 16.7. The number of fused-ring (bicyclic) bond motifs is 1. The zero-order valence-electron chi connectivity index (χ0n) is 16.7. The Balaban J connectivity index is 2.43. The van der Waals surface area contributed by atoms with Crippen molar-refractivity contribution >= 4 is 11.2 Å². The summed E-state index contributed by atoms with van der Waals surface area (Å²) in [7, 11) is 3.25. The van der Waals surface area contributed by atoms with E-state index in [2.05, 4.69) is 10.1 Å². The van der Waals surface area contributed by atoms with E-state index in [1.165, 1.54) is 9.13 Å². The molecule has 0 aliphatic heterocycles. The van der Waals surface area contributed by atoms with Gasteiger partial charge in [0.2, 0.25) is 5.95 Å². The Morgan fingerprint density at radius 1 is 1.07 bits per heavy atom. The van der Waals surface area contributed by atoms with E-state index in [4.69, 9.17) is 4.74 Å². The first kappa shape index (κ1) is 19.1. The molecule has 0 unspecified atom stereocenters. The molecular formula is C18H26N6O3. The second kappa shape index (κ2) is 7.15. The molecule has 0 N–H and O–H groups in total. The van der Waals surface area contributed by atoms with Gasteiger partial charge in [-0.05, 0) is 32.8 Å². The monoisotopic (exact) mass is 374 g/mol. The van der Waals surface area contributed by atoms with Crippen molar-refractivity contribution < 1.29 is 4.74 Å². The van der Waals surface area contributed by atoms with Crippen LogP contribution in [0.1, 0.15) is 30.3 Å². The summed E-state index contributed by atoms with van der Waals surface area (Å²) in [5, 5.41) is 4.58. The van der Waals surface area contributed by atoms with Crippen molar-refractivity contribution in [1.29, 1.82) is 0 Å². The average molecular weight is 374 g/mol. The van der Waals surface area contributed by atoms with Crippen molar-refractivity contribution in [3.05, 3.63) is 37.8 Å². The van der Waals surface area contributed by atoms with E-state index in [0.29, 0.717) is 43.2 Å². The summed E-state index contributed by atoms with van der Waals surface area (Å²) in [6.07, 6.45) is 0.691. The van der Waals surface area contributed by atoms with Gasteiger partial charge in [0.15, 0.2) is 11.2 Å². The Bertz CT molecular complexity index is 1120. The molecule has 3 rings (SSSR count). The molecule has 9 nitrogen and oxygen atoms in total. The van der Waals surface area contributed by atoms with Crippen molar-refractivity contribution in [3.8, 4) is 5.95 Å². The molecule has 0 saturated carbocycles. The van der Waals surface area contributed by atoms with Gasteiger partial charge in [-0.2, -0.15) is 10.1 Å². The highest BCUT2D eigenvalue weighted by molar-refractivity contribution is 5.72. The number of methoxy groups -OCH3 is 1. The van der Waals surface area contributed by atoms with E-state index < -0.39 is 0 Å². The van der Waals surface area contributed by atoms with Crippen LogP contribution in [-0.4, -0.2) is 42.2 Å². The predicted octanol–water partition coefficient (Wildman–Crippen LogP) is 1.06. The number of rotatable bonds is 6. The first-order chi connectivity index (χ1) is 12.8. The predicted molar refractivity (Wildman–Crippen MR) is 103 cm³/mol. The number of hydrogen-bond donors (Lipinski definition) is 0. The Morgan fingerprint density at radius 3 is 2.33 bits per heavy atom. The van der Waals surface area contributed by atoms with Crippen molar-refractivity contribution in [2.24, 2.45) is 7.05 Å². The SMILES string of the molecule is CCCn1c(=O)c2c(nc(-n3nc(C)c(C)c3C)n2CCOC)n(C)c1=O. The molecular weight excluding hydrogens is 348 g/mol. The number of aromatic nitrogens is 6. The molecule has 0 atom stereocenters. The van der Waals surface area contributed by atoms with Crippen LogP contribution in [0.2, 0.25) is 0 Å². The summed E-state index contributed by atoms with van der Waals surface area (Å²) in [5.74, 6) is 0.511. The van der Waals surface area contributed by atoms with Crippen molar-refractivity contribution in [3.63, 3.8) is 0 Å². The average Bonchev–Trinajstić information content (AvgIpc) is 3.14. The lowest BCUT2D eigenvalue weighted by molar-refractivity contribution is 0.188. The van der Waals surface area contributed by atoms with E-state index in [1.54, 1.807) is 23.4 Å². The largest absolute Gasteiger partial charge is 0.383 e. The molecule has 0 aliphatic rings. The van der Waals surface area contributed by atoms with Gasteiger partial charge in [-0.15, -0.1) is 0 Å². The molecule has 0 bridgehead atoms. The van der Waals surface area contributed by atoms with E-state index in [0.717, 1.165) is 17.0 Å². The van der Waals surface area contributed by atoms with Crippen LogP contribution >= 0.6 is 0 Å². The van der Waals surface area contributed by atoms with Gasteiger partial charge in [-0.1, -0.05) is 6.92 Å². The van der Waals surface area contributed by atoms with Crippen molar-refractivity contribution in [1.82, 2.24) is 28.5 Å². The second-order valence-corrected chi connectivity index (χ2v) is 6.73. The molecule has 3 heterocycles. The molecule has 0 aliphatic carbocycles. The third-order valence-corrected chi connectivity index (χ3v) is 5.02. The first-order valence-corrected chi connectivity index (χ1v) is 9.05. The van der Waals surface area contributed by atoms with Crippen molar-refractivity contribution in [2.45, 2.75) is 47.2 Å². The van der Waals surface area contributed by atoms with Crippen molar-refractivity contribution in [2.75, 3.05) is 13.7 Å². The highest BCUT2D eigenvalue weighted by atomic mass is 16.5. The fourth-order valence-corrected chi connectivity index (χ4v) is 3.25. The molecule has 146 valence electrons. The lowest BCUT2D eigenvalue weighted by atomic mass is 10.2. The van der Waals surface area contributed by atoms with Gasteiger partial charge in [-0.3, -0.25) is 13.9 Å². The minimum Gasteiger partial charge on any atom is -0.383 e. The summed E-state index contributed by atoms with van der Waals surface area (Å²) in [4.78, 5) is 30.3. The highest BCUT2D eigenvalue weighted by Crippen LogP contribution is 2.19. The molecule has 0 fully saturated rings. The van der Waals surface area contributed by atoms with E-state index >= 15 is 0 Å². The number of nitrogens with zero attached hydrogens (tertiary/aromatic N) is 6. The molecule has 27 heavy (non-hydrogen) atoms. The van der Waals surface area contributed by atoms with Crippen LogP contribution in [0.25, 0.3) is 17.1 Å². The maximum Gasteiger partial charge on any atom is 0.332 e. The summed E-state index contributed by atoms with van der Waals surface area (Å²) in [6, 6.07) is 0. The second-order valence-electron chi connectivity index (χ2n) is 6.73. The molecule has 9 heteroatoms. The Morgan fingerprint density at radius 2 is 1.78 bits per heavy atom. The number of ether oxygens (including phenoxy) is 1. The normalized spacial score (nSPS) is 11.6. The van der Waals surface area contributed by atoms with Crippen LogP contribution in [0, 0.1) is 20.8 Å². The Hall–Kier alpha value is -2.68. The minimum absolute atomic E-state index is 0.331. The quantitative estimate of drug-likeness (QED) is 0.644. The Labute approximate surface area is 156 Å². The zero-order chi connectivity index (χ0) is 19.9. The summed E-state index contributed by atoms with van der Waals surface area (Å²) < 4.78 is 11.5. The van der Waals surface area contributed by atoms with Crippen LogP contribution in [0.5, 0.6) is 0 Å². The smallest absolute Gasteiger partial charge is 0.332 e. The van der Waals surface area contributed by atoms with E-state index in [9.17, 15) is 9.59 Å². The molecule has 0 amide bonds. The van der Waals surface area contributed by atoms with Gasteiger partial charge in [0, 0.05) is 32.9 Å². The van der Waals surface area contributed by atoms with Gasteiger partial charge >= 0.3 is 5.69 Å². The molecule has 0 spiro atoms. The minimum atomic E-state index is -0.359. The van der Waals surface area contributed by atoms with Crippen LogP contribution in [-0.2, 0) is 24.9 Å². The summed E-state index contributed by atoms with van der Waals surface area (Å²) in [5.41, 5.74) is 2.97. The number of hydrogen-bond acceptors (Lipinski definition) is 5. The maximum absolute atomic E-state index is 13.1. The van der Waals surface area contributed by atoms with Crippen LogP contribution in [0.3, 0.4) is 0 Å². The van der Waals surface area contributed by atoms with Gasteiger partial charge in [0.05, 0.1) is 12.3 Å². The number of aryl methyl sites for hydroxylation is 2. The van der Waals surface area contributed by atoms with Gasteiger partial charge in [-0.25, -0.2) is 9.48 Å². The fourth-order valence-electron chi connectivity index (χ4n) is 3.25. The molecule has 0 saturated heterocycles. The lowest BCUT2D eigenvalue weighted by Gasteiger charge is -2.11. The van der Waals surface area contributed by atoms with Gasteiger partial charge < -0.3 is 9.30 Å². The molecule has 0 radical (unpaired) electrons. The van der Waals surface area contributed by atoms with E-state index in [-0.39, 0.29) is 11.2 Å². The third-order valence-electron chi connectivity index (χ3n) is 5.02. The summed E-state index contributed by atoms with van der Waals surface area (Å²) >= 11 is 0. The summed E-state index contributed by atoms with van der Waals surface area (Å²) in [6.45, 7) is 9.04. The van der Waals surface area contributed by atoms with Gasteiger partial charge in [0.1, 0.15) is 0 Å². The Kier molecular flexibility index (Phi) is 5.05. The molecule has 0 aromatic carbocycles. The molecule has 3 aromatic heterocycles. The third kappa shape index (κ3) is 2.91. The highest BCUT2D eigenvalue weighted by Gasteiger charge is 2.23. The molecule has 3 aromatic rings. The van der Waals surface area contributed by atoms with Crippen LogP contribution < -0.4 is 11.2 Å². The first-order valence-electron chi connectivity index (χ1n) is 9.05. The van der Waals surface area contributed by atoms with Gasteiger partial charge in [0.25, 0.3) is 5.56 Å². The van der Waals surface area contributed by atoms with Crippen LogP contribution in [0.4, 0.5) is 0 Å². The number of imidazole rings is 1. The maximum atomic E-state index is 13.1. The fraction of sp³-hybridized carbons (Fsp3) is 0.556.